The number of aliphatic imine (C=N–C) groups is 2. The summed E-state index contributed by atoms with van der Waals surface area (Å²) in [6.07, 6.45) is -0.292. The predicted octanol–water partition coefficient (Wildman–Crippen LogP) is 16.1. The van der Waals surface area contributed by atoms with E-state index < -0.39 is 5.41 Å². The highest BCUT2D eigenvalue weighted by molar-refractivity contribution is 6.22. The maximum Gasteiger partial charge on any atom is 0.159 e. The second kappa shape index (κ2) is 14.8. The second-order valence-electron chi connectivity index (χ2n) is 19.6. The molecule has 0 amide bonds. The third kappa shape index (κ3) is 5.35. The van der Waals surface area contributed by atoms with Crippen LogP contribution in [0.4, 0.5) is 0 Å². The van der Waals surface area contributed by atoms with E-state index in [-0.39, 0.29) is 6.17 Å². The molecular formula is C68H42N4. The number of nitrogens with one attached hydrogen (secondary N) is 1. The minimum absolute atomic E-state index is 0.292. The molecule has 1 spiro atoms. The molecule has 0 bridgehead atoms. The molecular weight excluding hydrogens is 873 g/mol. The molecule has 1 N–H and O–H groups in total. The van der Waals surface area contributed by atoms with Crippen LogP contribution in [0.1, 0.15) is 45.1 Å². The van der Waals surface area contributed by atoms with Crippen LogP contribution in [-0.4, -0.2) is 16.2 Å². The first-order valence-corrected chi connectivity index (χ1v) is 24.9. The van der Waals surface area contributed by atoms with Crippen molar-refractivity contribution in [3.05, 3.63) is 282 Å². The molecule has 0 radical (unpaired) electrons. The van der Waals surface area contributed by atoms with Gasteiger partial charge in [-0.25, -0.2) is 9.98 Å². The quantitative estimate of drug-likeness (QED) is 0.184. The molecule has 2 unspecified atom stereocenters. The minimum atomic E-state index is -0.610. The van der Waals surface area contributed by atoms with Gasteiger partial charge in [0.15, 0.2) is 5.84 Å². The van der Waals surface area contributed by atoms with E-state index in [0.717, 1.165) is 33.7 Å². The van der Waals surface area contributed by atoms with Gasteiger partial charge in [0.05, 0.1) is 22.1 Å². The van der Waals surface area contributed by atoms with Crippen LogP contribution in [0.2, 0.25) is 0 Å². The number of hydrogen-bond acceptors (Lipinski definition) is 3. The Hall–Kier alpha value is -9.38. The molecule has 4 aliphatic rings. The molecule has 2 aliphatic carbocycles. The molecule has 16 rings (SSSR count). The van der Waals surface area contributed by atoms with E-state index in [1.54, 1.807) is 0 Å². The fourth-order valence-electron chi connectivity index (χ4n) is 12.9. The fourth-order valence-corrected chi connectivity index (χ4v) is 12.9. The van der Waals surface area contributed by atoms with Crippen LogP contribution in [0.25, 0.3) is 93.9 Å². The Labute approximate surface area is 416 Å². The van der Waals surface area contributed by atoms with Crippen LogP contribution in [0.5, 0.6) is 0 Å². The van der Waals surface area contributed by atoms with Gasteiger partial charge in [-0.2, -0.15) is 0 Å². The van der Waals surface area contributed by atoms with Crippen LogP contribution >= 0.6 is 0 Å². The fraction of sp³-hybridized carbons (Fsp3) is 0.0294. The molecule has 0 fully saturated rings. The van der Waals surface area contributed by atoms with Gasteiger partial charge in [-0.1, -0.05) is 218 Å². The van der Waals surface area contributed by atoms with Crippen molar-refractivity contribution < 1.29 is 0 Å². The summed E-state index contributed by atoms with van der Waals surface area (Å²) in [6, 6.07) is 89.4. The van der Waals surface area contributed by atoms with Crippen LogP contribution in [-0.2, 0) is 5.41 Å². The average Bonchev–Trinajstić information content (AvgIpc) is 4.08. The van der Waals surface area contributed by atoms with Crippen molar-refractivity contribution in [2.45, 2.75) is 11.6 Å². The molecule has 2 atom stereocenters. The van der Waals surface area contributed by atoms with Crippen molar-refractivity contribution >= 4 is 44.2 Å². The van der Waals surface area contributed by atoms with Gasteiger partial charge in [0.2, 0.25) is 0 Å². The molecule has 11 aromatic carbocycles. The lowest BCUT2D eigenvalue weighted by Gasteiger charge is -2.40. The number of rotatable bonds is 5. The first kappa shape index (κ1) is 39.5. The summed E-state index contributed by atoms with van der Waals surface area (Å²) in [5, 5.41) is 8.91. The van der Waals surface area contributed by atoms with E-state index in [1.807, 2.05) is 6.07 Å². The van der Waals surface area contributed by atoms with Crippen molar-refractivity contribution in [3.63, 3.8) is 0 Å². The van der Waals surface area contributed by atoms with Crippen molar-refractivity contribution in [3.8, 4) is 61.3 Å². The first-order chi connectivity index (χ1) is 35.7. The third-order valence-electron chi connectivity index (χ3n) is 16.0. The van der Waals surface area contributed by atoms with Crippen LogP contribution < -0.4 is 5.32 Å². The molecule has 2 aliphatic heterocycles. The lowest BCUT2D eigenvalue weighted by Crippen LogP contribution is -2.33. The maximum absolute atomic E-state index is 5.21. The van der Waals surface area contributed by atoms with Crippen molar-refractivity contribution in [2.24, 2.45) is 9.98 Å². The highest BCUT2D eigenvalue weighted by Crippen LogP contribution is 2.64. The maximum atomic E-state index is 5.21. The van der Waals surface area contributed by atoms with Gasteiger partial charge < -0.3 is 9.88 Å². The normalized spacial score (nSPS) is 16.5. The van der Waals surface area contributed by atoms with Crippen LogP contribution in [0, 0.1) is 0 Å². The van der Waals surface area contributed by atoms with Crippen LogP contribution in [0.3, 0.4) is 0 Å². The van der Waals surface area contributed by atoms with Gasteiger partial charge in [-0.3, -0.25) is 0 Å². The van der Waals surface area contributed by atoms with E-state index in [4.69, 9.17) is 9.98 Å². The van der Waals surface area contributed by atoms with Gasteiger partial charge in [-0.05, 0) is 118 Å². The largest absolute Gasteiger partial charge is 0.344 e. The summed E-state index contributed by atoms with van der Waals surface area (Å²) in [5.74, 6) is 1.50. The van der Waals surface area contributed by atoms with Gasteiger partial charge in [0.1, 0.15) is 12.0 Å². The Kier molecular flexibility index (Phi) is 8.12. The zero-order valence-corrected chi connectivity index (χ0v) is 39.0. The molecule has 72 heavy (non-hydrogen) atoms. The summed E-state index contributed by atoms with van der Waals surface area (Å²) in [4.78, 5) is 10.4. The Balaban J connectivity index is 0.877. The molecule has 334 valence electrons. The molecule has 3 heterocycles. The highest BCUT2D eigenvalue weighted by atomic mass is 15.2. The lowest BCUT2D eigenvalue weighted by atomic mass is 9.65. The lowest BCUT2D eigenvalue weighted by molar-refractivity contribution is 0.674. The second-order valence-corrected chi connectivity index (χ2v) is 19.6. The van der Waals surface area contributed by atoms with E-state index in [9.17, 15) is 0 Å². The summed E-state index contributed by atoms with van der Waals surface area (Å²) in [7, 11) is 0. The van der Waals surface area contributed by atoms with E-state index in [1.165, 1.54) is 105 Å². The minimum Gasteiger partial charge on any atom is -0.344 e. The molecule has 1 aromatic heterocycles. The monoisotopic (exact) mass is 914 g/mol. The number of aromatic nitrogens is 1. The number of amidine groups is 2. The standard InChI is InChI=1S/C68H42N4/c1-3-15-41(16-4-1)42-29-33-45(34-30-42)66-69-65(44-17-5-2-6-18-44)70-67(71-66)46-35-31-43(32-36-46)47-37-38-53-58(39-47)68(59-40-55-49-20-8-7-19-48(49)51-22-13-24-54(62(51)55)63(53)59)56-25-10-12-28-61(56)72-60-27-11-9-21-50(60)52-23-14-26-57(68)64(52)72/h1-40,65H,(H,69,70,71). The number of nitrogens with zero attached hydrogens (tertiary/aromatic N) is 3. The topological polar surface area (TPSA) is 41.7 Å². The van der Waals surface area contributed by atoms with E-state index >= 15 is 0 Å². The molecule has 12 aromatic rings. The summed E-state index contributed by atoms with van der Waals surface area (Å²) >= 11 is 0. The van der Waals surface area contributed by atoms with Gasteiger partial charge in [0, 0.05) is 21.9 Å². The summed E-state index contributed by atoms with van der Waals surface area (Å²) in [6.45, 7) is 0. The Morgan fingerprint density at radius 3 is 1.82 bits per heavy atom. The predicted molar refractivity (Wildman–Crippen MR) is 296 cm³/mol. The molecule has 4 nitrogen and oxygen atoms in total. The zero-order chi connectivity index (χ0) is 47.1. The average molecular weight is 915 g/mol. The van der Waals surface area contributed by atoms with Crippen molar-refractivity contribution in [1.29, 1.82) is 0 Å². The Morgan fingerprint density at radius 2 is 0.986 bits per heavy atom. The molecule has 0 saturated carbocycles. The first-order valence-electron chi connectivity index (χ1n) is 24.9. The third-order valence-corrected chi connectivity index (χ3v) is 16.0. The van der Waals surface area contributed by atoms with Crippen molar-refractivity contribution in [2.75, 3.05) is 0 Å². The smallest absolute Gasteiger partial charge is 0.159 e. The highest BCUT2D eigenvalue weighted by Gasteiger charge is 2.52. The van der Waals surface area contributed by atoms with Gasteiger partial charge in [0.25, 0.3) is 0 Å². The molecule has 4 heteroatoms. The number of benzene rings is 11. The van der Waals surface area contributed by atoms with Gasteiger partial charge in [-0.15, -0.1) is 0 Å². The van der Waals surface area contributed by atoms with Crippen LogP contribution in [0.15, 0.2) is 253 Å². The van der Waals surface area contributed by atoms with Gasteiger partial charge >= 0.3 is 0 Å². The summed E-state index contributed by atoms with van der Waals surface area (Å²) in [5.41, 5.74) is 24.0. The summed E-state index contributed by atoms with van der Waals surface area (Å²) < 4.78 is 2.54. The zero-order valence-electron chi connectivity index (χ0n) is 39.0. The Bertz CT molecular complexity index is 4330. The van der Waals surface area contributed by atoms with E-state index in [0.29, 0.717) is 5.84 Å². The van der Waals surface area contributed by atoms with E-state index in [2.05, 4.69) is 246 Å². The molecule has 0 saturated heterocycles. The number of fused-ring (bicyclic) bond motifs is 16. The number of para-hydroxylation sites is 3. The SMILES string of the molecule is c1ccc(-c2ccc(C3=NC(c4ccccc4)NC(c4ccc(-c5ccc6c(c5)C5(c7ccccc7-n7c8ccccc8c8cccc5c87)c5cc7c8c(cccc8c5-6)-c5ccccc5-7)cc4)=N3)cc2)cc1. The van der Waals surface area contributed by atoms with Crippen molar-refractivity contribution in [1.82, 2.24) is 9.88 Å². The Morgan fingerprint density at radius 1 is 0.389 bits per heavy atom. The number of hydrogen-bond donors (Lipinski definition) is 1.